The average Bonchev–Trinajstić information content (AvgIpc) is 3.18. The number of allylic oxidation sites excluding steroid dienone is 1. The molecule has 2 bridgehead atoms. The normalized spacial score (nSPS) is 25.2. The third-order valence-corrected chi connectivity index (χ3v) is 7.64. The summed E-state index contributed by atoms with van der Waals surface area (Å²) in [6.45, 7) is 14.3. The fourth-order valence-electron chi connectivity index (χ4n) is 4.98. The van der Waals surface area contributed by atoms with Crippen molar-refractivity contribution < 1.29 is 9.90 Å². The number of piperidine rings is 3. The topological polar surface area (TPSA) is 56.7 Å². The summed E-state index contributed by atoms with van der Waals surface area (Å²) in [5.41, 5.74) is 3.86. The molecule has 1 amide bonds. The zero-order valence-corrected chi connectivity index (χ0v) is 19.0. The number of thiazole rings is 1. The Bertz CT molecular complexity index is 994. The van der Waals surface area contributed by atoms with Crippen LogP contribution in [-0.2, 0) is 0 Å². The molecule has 1 aromatic carbocycles. The molecular weight excluding hydrogens is 406 g/mol. The van der Waals surface area contributed by atoms with Gasteiger partial charge in [-0.2, -0.15) is 0 Å². The summed E-state index contributed by atoms with van der Waals surface area (Å²) in [6.07, 6.45) is 7.76. The van der Waals surface area contributed by atoms with E-state index in [0.717, 1.165) is 37.9 Å². The second-order valence-electron chi connectivity index (χ2n) is 8.55. The molecule has 0 aliphatic carbocycles. The average molecular weight is 438 g/mol. The maximum atomic E-state index is 11.7. The predicted molar refractivity (Wildman–Crippen MR) is 128 cm³/mol. The number of fused-ring (bicyclic) bond motifs is 4. The van der Waals surface area contributed by atoms with Gasteiger partial charge in [-0.15, -0.1) is 11.3 Å². The molecule has 5 heterocycles. The van der Waals surface area contributed by atoms with Crippen molar-refractivity contribution in [3.8, 4) is 0 Å². The minimum Gasteiger partial charge on any atom is -0.465 e. The summed E-state index contributed by atoms with van der Waals surface area (Å²) in [7, 11) is 0. The number of rotatable bonds is 3. The summed E-state index contributed by atoms with van der Waals surface area (Å²) < 4.78 is 1.07. The third kappa shape index (κ3) is 4.60. The molecule has 5 nitrogen and oxygen atoms in total. The molecule has 0 radical (unpaired) electrons. The molecule has 3 saturated heterocycles. The van der Waals surface area contributed by atoms with Gasteiger partial charge in [0.05, 0.1) is 21.3 Å². The Morgan fingerprint density at radius 3 is 2.39 bits per heavy atom. The zero-order valence-electron chi connectivity index (χ0n) is 18.2. The fraction of sp³-hybridized carbons (Fsp3) is 0.440. The first-order valence-corrected chi connectivity index (χ1v) is 11.9. The first kappa shape index (κ1) is 21.8. The number of benzene rings is 1. The van der Waals surface area contributed by atoms with Crippen LogP contribution in [0.2, 0.25) is 0 Å². The number of aryl methyl sites for hydroxylation is 1. The fourth-order valence-corrected chi connectivity index (χ4v) is 5.85. The van der Waals surface area contributed by atoms with E-state index in [9.17, 15) is 9.90 Å². The number of amides is 1. The molecule has 1 N–H and O–H groups in total. The van der Waals surface area contributed by atoms with E-state index >= 15 is 0 Å². The van der Waals surface area contributed by atoms with E-state index in [1.165, 1.54) is 43.8 Å². The molecule has 6 rings (SSSR count). The summed E-state index contributed by atoms with van der Waals surface area (Å²) in [6, 6.07) is 5.60. The van der Waals surface area contributed by atoms with Crippen LogP contribution in [0.1, 0.15) is 42.3 Å². The van der Waals surface area contributed by atoms with Crippen molar-refractivity contribution in [3.63, 3.8) is 0 Å². The van der Waals surface area contributed by atoms with Gasteiger partial charge in [0.1, 0.15) is 0 Å². The molecule has 3 fully saturated rings. The van der Waals surface area contributed by atoms with Crippen molar-refractivity contribution in [2.45, 2.75) is 38.6 Å². The van der Waals surface area contributed by atoms with Gasteiger partial charge in [-0.1, -0.05) is 31.4 Å². The van der Waals surface area contributed by atoms with E-state index in [2.05, 4.69) is 23.0 Å². The lowest BCUT2D eigenvalue weighted by molar-refractivity contribution is 0.111. The van der Waals surface area contributed by atoms with Crippen molar-refractivity contribution in [2.75, 3.05) is 26.2 Å². The third-order valence-electron chi connectivity index (χ3n) is 6.71. The first-order valence-electron chi connectivity index (χ1n) is 11.1. The molecule has 0 unspecified atom stereocenters. The smallest absolute Gasteiger partial charge is 0.408 e. The molecule has 164 valence electrons. The highest BCUT2D eigenvalue weighted by molar-refractivity contribution is 7.18. The molecule has 4 aliphatic heterocycles. The molecule has 1 aromatic heterocycles. The SMILES string of the molecule is C1CN2CCC1CC2.C=CC1=C(C=C)[C@@H](c2ccc3nc(C)sc3c2)N(C(=O)O)CC1. The minimum atomic E-state index is -0.918. The van der Waals surface area contributed by atoms with Crippen LogP contribution in [0.25, 0.3) is 10.2 Å². The van der Waals surface area contributed by atoms with Crippen molar-refractivity contribution in [2.24, 2.45) is 5.92 Å². The van der Waals surface area contributed by atoms with Gasteiger partial charge >= 0.3 is 6.09 Å². The number of nitrogens with zero attached hydrogens (tertiary/aromatic N) is 3. The Hall–Kier alpha value is -2.44. The highest BCUT2D eigenvalue weighted by Gasteiger charge is 2.32. The van der Waals surface area contributed by atoms with E-state index in [1.54, 1.807) is 23.5 Å². The Kier molecular flexibility index (Phi) is 6.58. The molecule has 1 atom stereocenters. The molecule has 31 heavy (non-hydrogen) atoms. The maximum absolute atomic E-state index is 11.7. The number of hydrogen-bond acceptors (Lipinski definition) is 4. The van der Waals surface area contributed by atoms with Gasteiger partial charge in [0.2, 0.25) is 0 Å². The molecule has 4 aliphatic rings. The van der Waals surface area contributed by atoms with Gasteiger partial charge in [0.25, 0.3) is 0 Å². The summed E-state index contributed by atoms with van der Waals surface area (Å²) in [5, 5.41) is 10.6. The van der Waals surface area contributed by atoms with E-state index in [1.807, 2.05) is 25.1 Å². The largest absolute Gasteiger partial charge is 0.465 e. The monoisotopic (exact) mass is 437 g/mol. The van der Waals surface area contributed by atoms with Gasteiger partial charge in [0, 0.05) is 6.54 Å². The predicted octanol–water partition coefficient (Wildman–Crippen LogP) is 5.80. The van der Waals surface area contributed by atoms with Crippen molar-refractivity contribution in [3.05, 3.63) is 65.2 Å². The van der Waals surface area contributed by atoms with Gasteiger partial charge in [-0.25, -0.2) is 9.78 Å². The number of carbonyl (C=O) groups is 1. The van der Waals surface area contributed by atoms with Crippen LogP contribution in [0, 0.1) is 12.8 Å². The minimum absolute atomic E-state index is 0.349. The lowest BCUT2D eigenvalue weighted by Crippen LogP contribution is -2.41. The lowest BCUT2D eigenvalue weighted by Gasteiger charge is -2.38. The van der Waals surface area contributed by atoms with E-state index in [0.29, 0.717) is 13.0 Å². The summed E-state index contributed by atoms with van der Waals surface area (Å²) >= 11 is 1.62. The number of aromatic nitrogens is 1. The molecular formula is C25H31N3O2S. The highest BCUT2D eigenvalue weighted by Crippen LogP contribution is 2.38. The van der Waals surface area contributed by atoms with Crippen LogP contribution in [0.4, 0.5) is 4.79 Å². The Morgan fingerprint density at radius 2 is 1.87 bits per heavy atom. The Balaban J connectivity index is 0.000000239. The van der Waals surface area contributed by atoms with Crippen LogP contribution >= 0.6 is 11.3 Å². The van der Waals surface area contributed by atoms with Crippen LogP contribution in [0.3, 0.4) is 0 Å². The lowest BCUT2D eigenvalue weighted by atomic mass is 9.88. The van der Waals surface area contributed by atoms with Crippen LogP contribution < -0.4 is 0 Å². The van der Waals surface area contributed by atoms with E-state index in [4.69, 9.17) is 0 Å². The zero-order chi connectivity index (χ0) is 22.0. The number of hydrogen-bond donors (Lipinski definition) is 1. The highest BCUT2D eigenvalue weighted by atomic mass is 32.1. The summed E-state index contributed by atoms with van der Waals surface area (Å²) in [5.74, 6) is 1.11. The van der Waals surface area contributed by atoms with Gasteiger partial charge < -0.3 is 10.0 Å². The van der Waals surface area contributed by atoms with E-state index in [-0.39, 0.29) is 6.04 Å². The standard InChI is InChI=1S/C18H18N2O2S.C7H13N/c1-4-12-8-9-20(18(21)22)17(14(12)5-2)13-6-7-15-16(10-13)23-11(3)19-15;1-4-8-5-2-7(1)3-6-8/h4-7,10,17H,1-2,8-9H2,3H3,(H,21,22);7H,1-6H2/t17-;/m1./s1. The number of carboxylic acid groups (broad SMARTS) is 1. The molecule has 2 aromatic rings. The summed E-state index contributed by atoms with van der Waals surface area (Å²) in [4.78, 5) is 20.2. The van der Waals surface area contributed by atoms with Crippen molar-refractivity contribution >= 4 is 27.6 Å². The van der Waals surface area contributed by atoms with Crippen LogP contribution in [0.15, 0.2) is 54.7 Å². The van der Waals surface area contributed by atoms with Crippen LogP contribution in [0.5, 0.6) is 0 Å². The molecule has 0 spiro atoms. The quantitative estimate of drug-likeness (QED) is 0.659. The van der Waals surface area contributed by atoms with Crippen LogP contribution in [-0.4, -0.2) is 52.2 Å². The van der Waals surface area contributed by atoms with Gasteiger partial charge in [0.15, 0.2) is 0 Å². The second kappa shape index (κ2) is 9.37. The van der Waals surface area contributed by atoms with Gasteiger partial charge in [-0.3, -0.25) is 4.90 Å². The Labute approximate surface area is 188 Å². The van der Waals surface area contributed by atoms with Crippen molar-refractivity contribution in [1.82, 2.24) is 14.8 Å². The molecule has 6 heteroatoms. The van der Waals surface area contributed by atoms with Gasteiger partial charge in [-0.05, 0) is 87.0 Å². The molecule has 0 saturated carbocycles. The second-order valence-corrected chi connectivity index (χ2v) is 9.79. The maximum Gasteiger partial charge on any atom is 0.408 e. The Morgan fingerprint density at radius 1 is 1.16 bits per heavy atom. The first-order chi connectivity index (χ1) is 15.0. The van der Waals surface area contributed by atoms with E-state index < -0.39 is 6.09 Å². The van der Waals surface area contributed by atoms with Crippen molar-refractivity contribution in [1.29, 1.82) is 0 Å².